The smallest absolute Gasteiger partial charge is 0.209 e. The highest BCUT2D eigenvalue weighted by Crippen LogP contribution is 2.24. The molecule has 2 heterocycles. The summed E-state index contributed by atoms with van der Waals surface area (Å²) >= 11 is 7.06. The Morgan fingerprint density at radius 1 is 1.35 bits per heavy atom. The summed E-state index contributed by atoms with van der Waals surface area (Å²) in [6, 6.07) is 8.91. The van der Waals surface area contributed by atoms with Crippen molar-refractivity contribution in [2.75, 3.05) is 11.9 Å². The van der Waals surface area contributed by atoms with Gasteiger partial charge in [0.25, 0.3) is 0 Å². The van der Waals surface area contributed by atoms with Crippen LogP contribution in [0.3, 0.4) is 0 Å². The molecular weight excluding hydrogens is 324 g/mol. The monoisotopic (exact) mass is 348 g/mol. The standard InChI is InChI=1S/C17H24N4S2/c1-3-14-9-6-7-11-20(14)12-21-17(22)23-16(19-21)18-15-10-5-4-8-13(15)2/h4-5,8,10,14H,3,6-7,9,11-12H2,1-2H3,(H,18,19)/t14-/m1/s1. The first-order valence-corrected chi connectivity index (χ1v) is 9.54. The van der Waals surface area contributed by atoms with Crippen LogP contribution < -0.4 is 5.32 Å². The predicted octanol–water partition coefficient (Wildman–Crippen LogP) is 4.95. The summed E-state index contributed by atoms with van der Waals surface area (Å²) < 4.78 is 2.80. The summed E-state index contributed by atoms with van der Waals surface area (Å²) in [7, 11) is 0. The number of likely N-dealkylation sites (tertiary alicyclic amines) is 1. The molecule has 0 aliphatic carbocycles. The second-order valence-electron chi connectivity index (χ2n) is 6.12. The second kappa shape index (κ2) is 7.55. The van der Waals surface area contributed by atoms with E-state index in [1.807, 2.05) is 16.8 Å². The maximum Gasteiger partial charge on any atom is 0.209 e. The largest absolute Gasteiger partial charge is 0.330 e. The summed E-state index contributed by atoms with van der Waals surface area (Å²) in [6.07, 6.45) is 5.12. The number of hydrogen-bond acceptors (Lipinski definition) is 5. The van der Waals surface area contributed by atoms with E-state index in [1.165, 1.54) is 31.2 Å². The van der Waals surface area contributed by atoms with Crippen molar-refractivity contribution in [2.24, 2.45) is 0 Å². The zero-order valence-electron chi connectivity index (χ0n) is 13.8. The molecule has 1 fully saturated rings. The van der Waals surface area contributed by atoms with E-state index < -0.39 is 0 Å². The molecule has 0 bridgehead atoms. The third-order valence-electron chi connectivity index (χ3n) is 4.53. The van der Waals surface area contributed by atoms with Crippen LogP contribution in [0.25, 0.3) is 0 Å². The predicted molar refractivity (Wildman–Crippen MR) is 100 cm³/mol. The molecule has 1 atom stereocenters. The van der Waals surface area contributed by atoms with Gasteiger partial charge < -0.3 is 5.32 Å². The van der Waals surface area contributed by atoms with Gasteiger partial charge in [0.2, 0.25) is 5.13 Å². The fourth-order valence-electron chi connectivity index (χ4n) is 3.16. The van der Waals surface area contributed by atoms with Gasteiger partial charge in [-0.15, -0.1) is 5.10 Å². The number of para-hydroxylation sites is 1. The third kappa shape index (κ3) is 4.00. The molecule has 3 rings (SSSR count). The van der Waals surface area contributed by atoms with Crippen LogP contribution >= 0.6 is 23.6 Å². The van der Waals surface area contributed by atoms with E-state index in [0.717, 1.165) is 28.0 Å². The highest BCUT2D eigenvalue weighted by atomic mass is 32.1. The molecule has 1 aromatic carbocycles. The van der Waals surface area contributed by atoms with E-state index in [-0.39, 0.29) is 0 Å². The van der Waals surface area contributed by atoms with Gasteiger partial charge in [0, 0.05) is 18.3 Å². The Balaban J connectivity index is 1.73. The minimum Gasteiger partial charge on any atom is -0.330 e. The van der Waals surface area contributed by atoms with Gasteiger partial charge in [-0.2, -0.15) is 0 Å². The normalized spacial score (nSPS) is 19.0. The van der Waals surface area contributed by atoms with Gasteiger partial charge in [-0.25, -0.2) is 4.68 Å². The number of benzene rings is 1. The van der Waals surface area contributed by atoms with Crippen LogP contribution in [0, 0.1) is 10.9 Å². The average Bonchev–Trinajstić information content (AvgIpc) is 2.90. The Kier molecular flexibility index (Phi) is 5.46. The molecule has 1 aliphatic heterocycles. The molecule has 0 unspecified atom stereocenters. The first-order chi connectivity index (χ1) is 11.2. The molecule has 124 valence electrons. The molecule has 1 aromatic heterocycles. The minimum absolute atomic E-state index is 0.667. The Bertz CT molecular complexity index is 707. The molecule has 23 heavy (non-hydrogen) atoms. The van der Waals surface area contributed by atoms with Gasteiger partial charge in [-0.1, -0.05) is 42.9 Å². The van der Waals surface area contributed by atoms with Crippen LogP contribution in [0.4, 0.5) is 10.8 Å². The van der Waals surface area contributed by atoms with Crippen LogP contribution in [-0.4, -0.2) is 27.3 Å². The molecule has 0 saturated carbocycles. The van der Waals surface area contributed by atoms with Crippen molar-refractivity contribution < 1.29 is 0 Å². The molecule has 6 heteroatoms. The van der Waals surface area contributed by atoms with E-state index in [9.17, 15) is 0 Å². The van der Waals surface area contributed by atoms with Gasteiger partial charge >= 0.3 is 0 Å². The van der Waals surface area contributed by atoms with Crippen molar-refractivity contribution in [1.82, 2.24) is 14.7 Å². The Hall–Kier alpha value is -1.24. The van der Waals surface area contributed by atoms with Gasteiger partial charge in [0.1, 0.15) is 0 Å². The van der Waals surface area contributed by atoms with Crippen LogP contribution in [0.2, 0.25) is 0 Å². The number of nitrogens with zero attached hydrogens (tertiary/aromatic N) is 3. The number of aromatic nitrogens is 2. The fourth-order valence-corrected chi connectivity index (χ4v) is 4.16. The molecule has 0 radical (unpaired) electrons. The maximum absolute atomic E-state index is 5.52. The summed E-state index contributed by atoms with van der Waals surface area (Å²) in [6.45, 7) is 6.33. The molecule has 0 amide bonds. The van der Waals surface area contributed by atoms with E-state index in [0.29, 0.717) is 6.04 Å². The second-order valence-corrected chi connectivity index (χ2v) is 7.75. The van der Waals surface area contributed by atoms with Crippen molar-refractivity contribution in [3.05, 3.63) is 33.8 Å². The van der Waals surface area contributed by atoms with E-state index in [4.69, 9.17) is 12.2 Å². The molecule has 1 N–H and O–H groups in total. The van der Waals surface area contributed by atoms with Gasteiger partial charge in [0.05, 0.1) is 6.67 Å². The fraction of sp³-hybridized carbons (Fsp3) is 0.529. The lowest BCUT2D eigenvalue weighted by Crippen LogP contribution is -2.40. The number of nitrogens with one attached hydrogen (secondary N) is 1. The first kappa shape index (κ1) is 16.6. The van der Waals surface area contributed by atoms with E-state index in [2.05, 4.69) is 41.3 Å². The van der Waals surface area contributed by atoms with Crippen LogP contribution in [0.1, 0.15) is 38.2 Å². The molecule has 0 spiro atoms. The topological polar surface area (TPSA) is 33.1 Å². The Labute approximate surface area is 147 Å². The minimum atomic E-state index is 0.667. The average molecular weight is 349 g/mol. The zero-order valence-corrected chi connectivity index (χ0v) is 15.4. The Morgan fingerprint density at radius 3 is 2.96 bits per heavy atom. The highest BCUT2D eigenvalue weighted by molar-refractivity contribution is 7.73. The van der Waals surface area contributed by atoms with Crippen LogP contribution in [0.5, 0.6) is 0 Å². The highest BCUT2D eigenvalue weighted by Gasteiger charge is 2.21. The summed E-state index contributed by atoms with van der Waals surface area (Å²) in [5, 5.41) is 8.95. The molecule has 4 nitrogen and oxygen atoms in total. The number of anilines is 2. The third-order valence-corrected chi connectivity index (χ3v) is 5.75. The lowest BCUT2D eigenvalue weighted by Gasteiger charge is -2.34. The molecule has 2 aromatic rings. The zero-order chi connectivity index (χ0) is 16.2. The number of hydrogen-bond donors (Lipinski definition) is 1. The number of piperidine rings is 1. The van der Waals surface area contributed by atoms with Gasteiger partial charge in [-0.3, -0.25) is 4.90 Å². The van der Waals surface area contributed by atoms with Crippen LogP contribution in [0.15, 0.2) is 24.3 Å². The van der Waals surface area contributed by atoms with E-state index >= 15 is 0 Å². The van der Waals surface area contributed by atoms with Crippen molar-refractivity contribution in [1.29, 1.82) is 0 Å². The summed E-state index contributed by atoms with van der Waals surface area (Å²) in [5.74, 6) is 0. The van der Waals surface area contributed by atoms with Crippen molar-refractivity contribution in [2.45, 2.75) is 52.2 Å². The lowest BCUT2D eigenvalue weighted by molar-refractivity contribution is 0.101. The van der Waals surface area contributed by atoms with Crippen molar-refractivity contribution in [3.8, 4) is 0 Å². The van der Waals surface area contributed by atoms with Crippen LogP contribution in [-0.2, 0) is 6.67 Å². The molecular formula is C17H24N4S2. The quantitative estimate of drug-likeness (QED) is 0.775. The maximum atomic E-state index is 5.52. The summed E-state index contributed by atoms with van der Waals surface area (Å²) in [5.41, 5.74) is 2.30. The first-order valence-electron chi connectivity index (χ1n) is 8.32. The SMILES string of the molecule is CC[C@@H]1CCCCN1Cn1nc(Nc2ccccc2C)sc1=S. The summed E-state index contributed by atoms with van der Waals surface area (Å²) in [4.78, 5) is 2.52. The Morgan fingerprint density at radius 2 is 2.17 bits per heavy atom. The molecule has 1 aliphatic rings. The van der Waals surface area contributed by atoms with Crippen molar-refractivity contribution >= 4 is 34.4 Å². The van der Waals surface area contributed by atoms with Gasteiger partial charge in [-0.05, 0) is 50.0 Å². The number of rotatable bonds is 5. The van der Waals surface area contributed by atoms with Gasteiger partial charge in [0.15, 0.2) is 3.95 Å². The molecule has 1 saturated heterocycles. The number of aryl methyl sites for hydroxylation is 1. The van der Waals surface area contributed by atoms with Crippen molar-refractivity contribution in [3.63, 3.8) is 0 Å². The van der Waals surface area contributed by atoms with E-state index in [1.54, 1.807) is 11.3 Å². The lowest BCUT2D eigenvalue weighted by atomic mass is 10.0.